The Bertz CT molecular complexity index is 705. The van der Waals surface area contributed by atoms with Crippen LogP contribution in [0.5, 0.6) is 5.75 Å². The van der Waals surface area contributed by atoms with Crippen molar-refractivity contribution >= 4 is 17.2 Å². The van der Waals surface area contributed by atoms with Crippen LogP contribution in [0.2, 0.25) is 0 Å². The van der Waals surface area contributed by atoms with Crippen LogP contribution in [-0.2, 0) is 17.9 Å². The summed E-state index contributed by atoms with van der Waals surface area (Å²) in [4.78, 5) is 19.1. The van der Waals surface area contributed by atoms with Gasteiger partial charge in [0, 0.05) is 17.8 Å². The molecule has 0 N–H and O–H groups in total. The summed E-state index contributed by atoms with van der Waals surface area (Å²) in [6, 6.07) is 8.44. The van der Waals surface area contributed by atoms with Crippen LogP contribution in [0.1, 0.15) is 49.4 Å². The zero-order valence-corrected chi connectivity index (χ0v) is 16.0. The maximum Gasteiger partial charge on any atom is 0.223 e. The molecule has 0 atom stereocenters. The first-order chi connectivity index (χ1) is 12.0. The Balaban J connectivity index is 1.56. The number of hydrogen-bond acceptors (Lipinski definition) is 4. The van der Waals surface area contributed by atoms with E-state index in [1.807, 2.05) is 34.5 Å². The topological polar surface area (TPSA) is 42.4 Å². The van der Waals surface area contributed by atoms with Crippen LogP contribution in [0, 0.1) is 12.8 Å². The molecule has 0 aliphatic heterocycles. The first-order valence-corrected chi connectivity index (χ1v) is 9.81. The van der Waals surface area contributed by atoms with E-state index in [9.17, 15) is 4.79 Å². The number of amides is 1. The van der Waals surface area contributed by atoms with Gasteiger partial charge in [0.05, 0.1) is 12.2 Å². The second-order valence-electron chi connectivity index (χ2n) is 7.19. The smallest absolute Gasteiger partial charge is 0.223 e. The molecule has 1 aliphatic carbocycles. The molecule has 1 saturated carbocycles. The van der Waals surface area contributed by atoms with Gasteiger partial charge in [-0.1, -0.05) is 31.5 Å². The van der Waals surface area contributed by atoms with Crippen molar-refractivity contribution in [3.05, 3.63) is 45.9 Å². The number of rotatable bonds is 8. The minimum atomic E-state index is 0.253. The Kier molecular flexibility index (Phi) is 5.74. The molecule has 3 rings (SSSR count). The zero-order chi connectivity index (χ0) is 17.8. The molecule has 5 heteroatoms. The van der Waals surface area contributed by atoms with Gasteiger partial charge in [0.2, 0.25) is 5.91 Å². The Morgan fingerprint density at radius 1 is 1.32 bits per heavy atom. The normalized spacial score (nSPS) is 13.9. The summed E-state index contributed by atoms with van der Waals surface area (Å²) >= 11 is 1.60. The van der Waals surface area contributed by atoms with Gasteiger partial charge >= 0.3 is 0 Å². The number of carbonyl (C=O) groups excluding carboxylic acids is 1. The van der Waals surface area contributed by atoms with Crippen LogP contribution in [0.4, 0.5) is 0 Å². The van der Waals surface area contributed by atoms with Gasteiger partial charge in [0.1, 0.15) is 17.4 Å². The first-order valence-electron chi connectivity index (χ1n) is 8.93. The average molecular weight is 359 g/mol. The number of aryl methyl sites for hydroxylation is 1. The second-order valence-corrected chi connectivity index (χ2v) is 8.13. The van der Waals surface area contributed by atoms with Crippen molar-refractivity contribution in [1.82, 2.24) is 9.88 Å². The molecule has 134 valence electrons. The molecule has 1 amide bonds. The van der Waals surface area contributed by atoms with Crippen LogP contribution in [0.15, 0.2) is 29.6 Å². The molecule has 1 aliphatic rings. The molecular formula is C20H26N2O2S. The van der Waals surface area contributed by atoms with Crippen molar-refractivity contribution < 1.29 is 9.53 Å². The molecule has 0 spiro atoms. The van der Waals surface area contributed by atoms with E-state index < -0.39 is 0 Å². The number of benzene rings is 1. The van der Waals surface area contributed by atoms with Crippen LogP contribution in [0.3, 0.4) is 0 Å². The maximum atomic E-state index is 12.5. The molecule has 2 aromatic rings. The highest BCUT2D eigenvalue weighted by atomic mass is 32.1. The van der Waals surface area contributed by atoms with Gasteiger partial charge in [-0.2, -0.15) is 0 Å². The van der Waals surface area contributed by atoms with Gasteiger partial charge in [-0.3, -0.25) is 4.79 Å². The van der Waals surface area contributed by atoms with Crippen molar-refractivity contribution in [2.24, 2.45) is 5.92 Å². The first kappa shape index (κ1) is 17.9. The quantitative estimate of drug-likeness (QED) is 0.694. The van der Waals surface area contributed by atoms with Crippen molar-refractivity contribution in [3.8, 4) is 5.75 Å². The van der Waals surface area contributed by atoms with E-state index in [0.717, 1.165) is 29.3 Å². The third kappa shape index (κ3) is 5.30. The predicted molar refractivity (Wildman–Crippen MR) is 101 cm³/mol. The lowest BCUT2D eigenvalue weighted by molar-refractivity contribution is -0.133. The Morgan fingerprint density at radius 3 is 2.68 bits per heavy atom. The van der Waals surface area contributed by atoms with Crippen LogP contribution >= 0.6 is 11.3 Å². The Morgan fingerprint density at radius 2 is 2.04 bits per heavy atom. The monoisotopic (exact) mass is 358 g/mol. The molecule has 1 fully saturated rings. The number of nitrogens with zero attached hydrogens (tertiary/aromatic N) is 2. The summed E-state index contributed by atoms with van der Waals surface area (Å²) in [5, 5.41) is 2.99. The van der Waals surface area contributed by atoms with Gasteiger partial charge in [0.15, 0.2) is 0 Å². The van der Waals surface area contributed by atoms with E-state index in [0.29, 0.717) is 31.5 Å². The largest absolute Gasteiger partial charge is 0.486 e. The molecule has 4 nitrogen and oxygen atoms in total. The summed E-state index contributed by atoms with van der Waals surface area (Å²) in [6.45, 7) is 7.33. The molecule has 25 heavy (non-hydrogen) atoms. The van der Waals surface area contributed by atoms with Crippen molar-refractivity contribution in [2.75, 3.05) is 0 Å². The van der Waals surface area contributed by atoms with E-state index >= 15 is 0 Å². The third-order valence-electron chi connectivity index (χ3n) is 4.21. The fourth-order valence-corrected chi connectivity index (χ4v) is 3.41. The van der Waals surface area contributed by atoms with Crippen molar-refractivity contribution in [3.63, 3.8) is 0 Å². The fourth-order valence-electron chi connectivity index (χ4n) is 2.72. The van der Waals surface area contributed by atoms with Crippen LogP contribution in [-0.4, -0.2) is 21.8 Å². The van der Waals surface area contributed by atoms with E-state index in [2.05, 4.69) is 25.8 Å². The van der Waals surface area contributed by atoms with Crippen molar-refractivity contribution in [2.45, 2.75) is 59.2 Å². The third-order valence-corrected chi connectivity index (χ3v) is 5.08. The van der Waals surface area contributed by atoms with E-state index in [1.54, 1.807) is 11.3 Å². The lowest BCUT2D eigenvalue weighted by Crippen LogP contribution is -2.33. The molecule has 0 saturated heterocycles. The second kappa shape index (κ2) is 8.00. The molecule has 0 unspecified atom stereocenters. The standard InChI is InChI=1S/C20H26N2O2S/c1-14(2)10-20(23)22(17-6-7-17)11-16-13-25-19(21-16)12-24-18-8-4-15(3)5-9-18/h4-5,8-9,13-14,17H,6-7,10-12H2,1-3H3. The predicted octanol–water partition coefficient (Wildman–Crippen LogP) is 4.57. The number of hydrogen-bond donors (Lipinski definition) is 0. The summed E-state index contributed by atoms with van der Waals surface area (Å²) in [5.41, 5.74) is 2.19. The number of ether oxygens (including phenoxy) is 1. The molecule has 1 heterocycles. The fraction of sp³-hybridized carbons (Fsp3) is 0.500. The Hall–Kier alpha value is -1.88. The number of thiazole rings is 1. The summed E-state index contributed by atoms with van der Waals surface area (Å²) < 4.78 is 5.79. The number of carbonyl (C=O) groups is 1. The van der Waals surface area contributed by atoms with Gasteiger partial charge in [0.25, 0.3) is 0 Å². The van der Waals surface area contributed by atoms with Gasteiger partial charge in [-0.25, -0.2) is 4.98 Å². The van der Waals surface area contributed by atoms with Gasteiger partial charge in [-0.15, -0.1) is 11.3 Å². The van der Waals surface area contributed by atoms with Gasteiger partial charge < -0.3 is 9.64 Å². The SMILES string of the molecule is Cc1ccc(OCc2nc(CN(C(=O)CC(C)C)C3CC3)cs2)cc1. The van der Waals surface area contributed by atoms with E-state index in [1.165, 1.54) is 5.56 Å². The average Bonchev–Trinajstić information content (AvgIpc) is 3.31. The van der Waals surface area contributed by atoms with E-state index in [4.69, 9.17) is 4.74 Å². The van der Waals surface area contributed by atoms with Crippen molar-refractivity contribution in [1.29, 1.82) is 0 Å². The summed E-state index contributed by atoms with van der Waals surface area (Å²) in [7, 11) is 0. The molecular weight excluding hydrogens is 332 g/mol. The lowest BCUT2D eigenvalue weighted by Gasteiger charge is -2.22. The van der Waals surface area contributed by atoms with Crippen LogP contribution < -0.4 is 4.74 Å². The number of aromatic nitrogens is 1. The molecule has 1 aromatic carbocycles. The molecule has 0 radical (unpaired) electrons. The minimum absolute atomic E-state index is 0.253. The highest BCUT2D eigenvalue weighted by molar-refractivity contribution is 7.09. The molecule has 0 bridgehead atoms. The maximum absolute atomic E-state index is 12.5. The highest BCUT2D eigenvalue weighted by Gasteiger charge is 2.33. The van der Waals surface area contributed by atoms with Crippen LogP contribution in [0.25, 0.3) is 0 Å². The minimum Gasteiger partial charge on any atom is -0.486 e. The highest BCUT2D eigenvalue weighted by Crippen LogP contribution is 2.30. The summed E-state index contributed by atoms with van der Waals surface area (Å²) in [6.07, 6.45) is 2.86. The summed E-state index contributed by atoms with van der Waals surface area (Å²) in [5.74, 6) is 1.50. The molecule has 1 aromatic heterocycles. The van der Waals surface area contributed by atoms with Gasteiger partial charge in [-0.05, 0) is 37.8 Å². The lowest BCUT2D eigenvalue weighted by atomic mass is 10.1. The Labute approximate surface area is 153 Å². The zero-order valence-electron chi connectivity index (χ0n) is 15.2. The van der Waals surface area contributed by atoms with E-state index in [-0.39, 0.29) is 5.91 Å².